The van der Waals surface area contributed by atoms with Crippen LogP contribution in [-0.4, -0.2) is 57.4 Å². The van der Waals surface area contributed by atoms with Crippen molar-refractivity contribution in [2.45, 2.75) is 39.8 Å². The molecular formula is C58H58N2O2P2. The topological polar surface area (TPSA) is 24.9 Å². The van der Waals surface area contributed by atoms with Crippen LogP contribution in [0, 0.1) is 27.7 Å². The molecule has 0 bridgehead atoms. The Kier molecular flexibility index (Phi) is 13.4. The van der Waals surface area contributed by atoms with Gasteiger partial charge in [-0.2, -0.15) is 0 Å². The van der Waals surface area contributed by atoms with Crippen LogP contribution in [-0.2, 0) is 4.74 Å². The lowest BCUT2D eigenvalue weighted by molar-refractivity contribution is -0.0154. The number of fused-ring (bicyclic) bond motifs is 2. The molecule has 6 heteroatoms. The second-order valence-corrected chi connectivity index (χ2v) is 21.4. The smallest absolute Gasteiger partial charge is 0.150 e. The fourth-order valence-electron chi connectivity index (χ4n) is 9.59. The van der Waals surface area contributed by atoms with Gasteiger partial charge in [-0.15, -0.1) is 0 Å². The van der Waals surface area contributed by atoms with Crippen LogP contribution in [0.25, 0.3) is 16.7 Å². The number of hydrogen-bond donors (Lipinski definition) is 0. The maximum atomic E-state index is 6.63. The molecule has 0 amide bonds. The largest absolute Gasteiger partial charge is 0.489 e. The molecule has 4 nitrogen and oxygen atoms in total. The zero-order valence-corrected chi connectivity index (χ0v) is 39.7. The van der Waals surface area contributed by atoms with Gasteiger partial charge in [0.2, 0.25) is 0 Å². The average Bonchev–Trinajstić information content (AvgIpc) is 3.32. The first-order chi connectivity index (χ1) is 31.3. The van der Waals surface area contributed by atoms with E-state index in [1.54, 1.807) is 0 Å². The van der Waals surface area contributed by atoms with Crippen molar-refractivity contribution < 1.29 is 9.47 Å². The molecule has 1 saturated heterocycles. The quantitative estimate of drug-likeness (QED) is 0.142. The molecular weight excluding hydrogens is 819 g/mol. The summed E-state index contributed by atoms with van der Waals surface area (Å²) in [7, 11) is 2.95. The van der Waals surface area contributed by atoms with E-state index in [4.69, 9.17) is 9.47 Å². The number of benzene rings is 7. The second kappa shape index (κ2) is 19.6. The van der Waals surface area contributed by atoms with Gasteiger partial charge in [0.05, 0.1) is 24.9 Å². The molecule has 0 spiro atoms. The maximum absolute atomic E-state index is 6.63. The van der Waals surface area contributed by atoms with Crippen molar-refractivity contribution in [1.82, 2.24) is 4.90 Å². The Hall–Kier alpha value is -5.60. The Labute approximate surface area is 383 Å². The fraction of sp³-hybridized carbons (Fsp3) is 0.207. The minimum atomic E-state index is -0.790. The number of morpholine rings is 1. The zero-order valence-electron chi connectivity index (χ0n) is 37.9. The third kappa shape index (κ3) is 8.78. The predicted octanol–water partition coefficient (Wildman–Crippen LogP) is 11.0. The van der Waals surface area contributed by atoms with Gasteiger partial charge in [-0.1, -0.05) is 176 Å². The molecule has 0 radical (unpaired) electrons. The predicted molar refractivity (Wildman–Crippen MR) is 276 cm³/mol. The second-order valence-electron chi connectivity index (χ2n) is 17.0. The summed E-state index contributed by atoms with van der Waals surface area (Å²) >= 11 is 0. The van der Waals surface area contributed by atoms with Gasteiger partial charge < -0.3 is 14.4 Å². The zero-order chi connectivity index (χ0) is 44.2. The molecule has 3 aliphatic rings. The molecule has 0 aromatic heterocycles. The van der Waals surface area contributed by atoms with Crippen molar-refractivity contribution in [2.24, 2.45) is 0 Å². The van der Waals surface area contributed by atoms with Crippen LogP contribution in [0.4, 0.5) is 5.69 Å². The van der Waals surface area contributed by atoms with Gasteiger partial charge >= 0.3 is 0 Å². The molecule has 1 fully saturated rings. The molecule has 0 N–H and O–H groups in total. The first-order valence-electron chi connectivity index (χ1n) is 22.5. The lowest BCUT2D eigenvalue weighted by Gasteiger charge is -2.43. The average molecular weight is 877 g/mol. The monoisotopic (exact) mass is 876 g/mol. The Balaban J connectivity index is 0.000000167. The van der Waals surface area contributed by atoms with Crippen LogP contribution >= 0.6 is 15.8 Å². The summed E-state index contributed by atoms with van der Waals surface area (Å²) < 4.78 is 13.1. The van der Waals surface area contributed by atoms with Crippen molar-refractivity contribution in [2.75, 3.05) is 45.3 Å². The molecule has 7 aromatic rings. The highest BCUT2D eigenvalue weighted by Gasteiger charge is 2.40. The summed E-state index contributed by atoms with van der Waals surface area (Å²) in [4.78, 5) is 4.73. The number of rotatable bonds is 8. The minimum absolute atomic E-state index is 0.0396. The van der Waals surface area contributed by atoms with E-state index in [0.717, 1.165) is 31.1 Å². The minimum Gasteiger partial charge on any atom is -0.489 e. The molecule has 7 aromatic carbocycles. The van der Waals surface area contributed by atoms with Crippen LogP contribution in [0.2, 0.25) is 0 Å². The molecule has 64 heavy (non-hydrogen) atoms. The standard InChI is InChI=1S/C31H33N2O2P.C27H25P/c1-22-14-15-25-30(34-20-18-32(25)2)28(22)29-27(17-16-26-31(29)35-21-19-33(26)3)36(23-10-6-4-7-11-23)24-12-8-5-9-13-24;1-20-12-10-13-21(2)26(20)27-22(3)14-11-19-25(27)28(23-15-6-4-7-16-23)24-17-8-5-9-18-24/h4-17,26,31H,18-21H2,1-3H3;4-19H,1-3H3/t26?,31-;/m0./s1. The lowest BCUT2D eigenvalue weighted by Crippen LogP contribution is -2.50. The number of allylic oxidation sites excluding steroid dienone is 2. The first kappa shape index (κ1) is 43.6. The number of hydrogen-bond acceptors (Lipinski definition) is 4. The van der Waals surface area contributed by atoms with E-state index in [1.165, 1.54) is 76.4 Å². The molecule has 1 aliphatic carbocycles. The third-order valence-electron chi connectivity index (χ3n) is 12.8. The highest BCUT2D eigenvalue weighted by Crippen LogP contribution is 2.54. The van der Waals surface area contributed by atoms with Gasteiger partial charge in [-0.25, -0.2) is 0 Å². The summed E-state index contributed by atoms with van der Waals surface area (Å²) in [5.74, 6) is 0.998. The van der Waals surface area contributed by atoms with Crippen molar-refractivity contribution >= 4 is 53.6 Å². The van der Waals surface area contributed by atoms with Gasteiger partial charge in [-0.3, -0.25) is 4.90 Å². The van der Waals surface area contributed by atoms with Crippen molar-refractivity contribution in [3.8, 4) is 16.9 Å². The number of aryl methyl sites for hydroxylation is 4. The number of anilines is 1. The fourth-order valence-corrected chi connectivity index (χ4v) is 14.6. The van der Waals surface area contributed by atoms with Crippen molar-refractivity contribution in [3.05, 3.63) is 215 Å². The number of ether oxygens (including phenoxy) is 2. The van der Waals surface area contributed by atoms with Crippen molar-refractivity contribution in [1.29, 1.82) is 0 Å². The summed E-state index contributed by atoms with van der Waals surface area (Å²) in [5.41, 5.74) is 11.7. The lowest BCUT2D eigenvalue weighted by atomic mass is 9.86. The van der Waals surface area contributed by atoms with Gasteiger partial charge in [0.15, 0.2) is 5.75 Å². The van der Waals surface area contributed by atoms with E-state index in [-0.39, 0.29) is 12.1 Å². The van der Waals surface area contributed by atoms with E-state index in [0.29, 0.717) is 6.61 Å². The highest BCUT2D eigenvalue weighted by atomic mass is 31.1. The maximum Gasteiger partial charge on any atom is 0.150 e. The van der Waals surface area contributed by atoms with Crippen LogP contribution < -0.4 is 36.2 Å². The summed E-state index contributed by atoms with van der Waals surface area (Å²) in [5, 5.41) is 8.26. The van der Waals surface area contributed by atoms with Gasteiger partial charge in [-0.05, 0) is 122 Å². The van der Waals surface area contributed by atoms with E-state index >= 15 is 0 Å². The van der Waals surface area contributed by atoms with Crippen molar-refractivity contribution in [3.63, 3.8) is 0 Å². The van der Waals surface area contributed by atoms with Crippen LogP contribution in [0.5, 0.6) is 5.75 Å². The number of likely N-dealkylation sites (N-methyl/N-ethyl adjacent to an activating group) is 2. The van der Waals surface area contributed by atoms with Gasteiger partial charge in [0.1, 0.15) is 12.7 Å². The summed E-state index contributed by atoms with van der Waals surface area (Å²) in [6, 6.07) is 61.9. The molecule has 2 heterocycles. The molecule has 2 aliphatic heterocycles. The van der Waals surface area contributed by atoms with Crippen LogP contribution in [0.15, 0.2) is 187 Å². The summed E-state index contributed by atoms with van der Waals surface area (Å²) in [6.07, 6.45) is 4.71. The van der Waals surface area contributed by atoms with Gasteiger partial charge in [0.25, 0.3) is 0 Å². The third-order valence-corrected chi connectivity index (χ3v) is 17.8. The van der Waals surface area contributed by atoms with Gasteiger partial charge in [0, 0.05) is 24.7 Å². The van der Waals surface area contributed by atoms with E-state index in [1.807, 2.05) is 0 Å². The first-order valence-corrected chi connectivity index (χ1v) is 25.2. The highest BCUT2D eigenvalue weighted by molar-refractivity contribution is 7.80. The molecule has 1 unspecified atom stereocenters. The van der Waals surface area contributed by atoms with E-state index < -0.39 is 15.8 Å². The van der Waals surface area contributed by atoms with E-state index in [2.05, 4.69) is 234 Å². The Morgan fingerprint density at radius 3 is 1.55 bits per heavy atom. The molecule has 10 rings (SSSR count). The molecule has 2 atom stereocenters. The Morgan fingerprint density at radius 1 is 0.484 bits per heavy atom. The normalized spacial score (nSPS) is 17.1. The molecule has 0 saturated carbocycles. The van der Waals surface area contributed by atoms with Crippen LogP contribution in [0.3, 0.4) is 0 Å². The van der Waals surface area contributed by atoms with E-state index in [9.17, 15) is 0 Å². The summed E-state index contributed by atoms with van der Waals surface area (Å²) in [6.45, 7) is 12.2. The Bertz CT molecular complexity index is 2670. The molecule has 322 valence electrons. The SMILES string of the molecule is Cc1ccc2c(c1C1=C(P(c3ccccc3)c3ccccc3)C=CC3[C@@H]1OCCN3C)OCCN2C.Cc1cccc(C)c1-c1c(C)cccc1P(c1ccccc1)c1ccccc1. The van der Waals surface area contributed by atoms with Crippen LogP contribution in [0.1, 0.15) is 27.8 Å². The Morgan fingerprint density at radius 2 is 0.984 bits per heavy atom. The number of nitrogens with zero attached hydrogens (tertiary/aromatic N) is 2.